The van der Waals surface area contributed by atoms with Crippen molar-refractivity contribution in [2.24, 2.45) is 0 Å². The summed E-state index contributed by atoms with van der Waals surface area (Å²) in [6, 6.07) is 7.12. The van der Waals surface area contributed by atoms with Gasteiger partial charge in [-0.15, -0.1) is 3.89 Å². The van der Waals surface area contributed by atoms with Gasteiger partial charge >= 0.3 is 16.3 Å². The molecule has 3 rings (SSSR count). The van der Waals surface area contributed by atoms with E-state index in [1.807, 2.05) is 32.9 Å². The first-order valence-electron chi connectivity index (χ1n) is 9.51. The topological polar surface area (TPSA) is 87.2 Å². The van der Waals surface area contributed by atoms with E-state index < -0.39 is 27.0 Å². The molecule has 1 aromatic carbocycles. The smallest absolute Gasteiger partial charge is 0.410 e. The molecule has 8 nitrogen and oxygen atoms in total. The molecule has 2 aliphatic rings. The minimum absolute atomic E-state index is 0.175. The van der Waals surface area contributed by atoms with Crippen LogP contribution in [0.3, 0.4) is 0 Å². The van der Waals surface area contributed by atoms with Gasteiger partial charge in [-0.1, -0.05) is 0 Å². The minimum atomic E-state index is -4.74. The zero-order valence-electron chi connectivity index (χ0n) is 16.8. The third kappa shape index (κ3) is 5.17. The summed E-state index contributed by atoms with van der Waals surface area (Å²) in [6.07, 6.45) is -0.662. The maximum atomic E-state index is 13.2. The highest BCUT2D eigenvalue weighted by atomic mass is 32.3. The molecule has 1 aromatic rings. The van der Waals surface area contributed by atoms with Crippen molar-refractivity contribution in [3.8, 4) is 0 Å². The maximum absolute atomic E-state index is 13.2. The van der Waals surface area contributed by atoms with E-state index in [2.05, 4.69) is 4.90 Å². The van der Waals surface area contributed by atoms with E-state index in [4.69, 9.17) is 4.74 Å². The van der Waals surface area contributed by atoms with Crippen molar-refractivity contribution in [2.75, 3.05) is 42.5 Å². The van der Waals surface area contributed by atoms with Gasteiger partial charge in [-0.3, -0.25) is 4.79 Å². The molecule has 2 aliphatic heterocycles. The molecule has 0 N–H and O–H groups in total. The number of halogens is 1. The van der Waals surface area contributed by atoms with Crippen molar-refractivity contribution in [2.45, 2.75) is 38.0 Å². The molecule has 2 saturated heterocycles. The molecule has 0 spiro atoms. The van der Waals surface area contributed by atoms with Crippen LogP contribution in [0.5, 0.6) is 0 Å². The molecule has 0 saturated carbocycles. The molecule has 160 valence electrons. The van der Waals surface area contributed by atoms with Crippen molar-refractivity contribution in [1.82, 2.24) is 4.90 Å². The summed E-state index contributed by atoms with van der Waals surface area (Å²) in [5.74, 6) is -0.407. The summed E-state index contributed by atoms with van der Waals surface area (Å²) in [4.78, 5) is 29.3. The first kappa shape index (κ1) is 21.4. The van der Waals surface area contributed by atoms with E-state index >= 15 is 0 Å². The Morgan fingerprint density at radius 3 is 2.10 bits per heavy atom. The lowest BCUT2D eigenvalue weighted by Crippen LogP contribution is -2.50. The third-order valence-corrected chi connectivity index (χ3v) is 6.06. The van der Waals surface area contributed by atoms with Crippen LogP contribution >= 0.6 is 0 Å². The maximum Gasteiger partial charge on any atom is 0.410 e. The van der Waals surface area contributed by atoms with Gasteiger partial charge in [0.25, 0.3) is 0 Å². The van der Waals surface area contributed by atoms with Crippen LogP contribution in [-0.4, -0.2) is 68.9 Å². The second-order valence-electron chi connectivity index (χ2n) is 8.28. The van der Waals surface area contributed by atoms with Gasteiger partial charge in [-0.25, -0.2) is 4.79 Å². The quantitative estimate of drug-likeness (QED) is 0.687. The van der Waals surface area contributed by atoms with Crippen molar-refractivity contribution >= 4 is 33.6 Å². The van der Waals surface area contributed by atoms with Crippen molar-refractivity contribution in [3.63, 3.8) is 0 Å². The molecular weight excluding hydrogens is 401 g/mol. The van der Waals surface area contributed by atoms with Crippen LogP contribution in [0.25, 0.3) is 0 Å². The monoisotopic (exact) mass is 427 g/mol. The highest BCUT2D eigenvalue weighted by Crippen LogP contribution is 2.28. The average molecular weight is 427 g/mol. The number of nitrogens with zero attached hydrogens (tertiary/aromatic N) is 3. The Hall–Kier alpha value is -2.36. The van der Waals surface area contributed by atoms with Crippen molar-refractivity contribution in [3.05, 3.63) is 24.3 Å². The summed E-state index contributed by atoms with van der Waals surface area (Å²) in [5.41, 5.74) is 0.938. The fraction of sp³-hybridized carbons (Fsp3) is 0.579. The number of anilines is 2. The van der Waals surface area contributed by atoms with E-state index in [1.54, 1.807) is 17.0 Å². The average Bonchev–Trinajstić information content (AvgIpc) is 3.03. The first-order valence-corrected chi connectivity index (χ1v) is 11.0. The normalized spacial score (nSPS) is 20.9. The predicted octanol–water partition coefficient (Wildman–Crippen LogP) is 2.15. The van der Waals surface area contributed by atoms with Gasteiger partial charge in [-0.2, -0.15) is 8.42 Å². The van der Waals surface area contributed by atoms with Gasteiger partial charge in [-0.05, 0) is 45.0 Å². The Balaban J connectivity index is 1.59. The number of piperazine rings is 1. The standard InChI is InChI=1S/C19H26FN3O5S/c1-19(2,3)28-18(25)22-10-8-21(9-11-22)14-4-6-15(7-5-14)23-13-16(12-17(23)24)29(20,26)27/h4-7,16H,8-13H2,1-3H3. The van der Waals surface area contributed by atoms with E-state index in [9.17, 15) is 21.9 Å². The molecule has 0 radical (unpaired) electrons. The number of carbonyl (C=O) groups is 2. The van der Waals surface area contributed by atoms with Gasteiger partial charge in [0.05, 0.1) is 0 Å². The number of hydrogen-bond acceptors (Lipinski definition) is 6. The predicted molar refractivity (Wildman–Crippen MR) is 107 cm³/mol. The Kier molecular flexibility index (Phi) is 5.75. The van der Waals surface area contributed by atoms with Crippen LogP contribution < -0.4 is 9.80 Å². The van der Waals surface area contributed by atoms with Gasteiger partial charge in [0, 0.05) is 50.5 Å². The Morgan fingerprint density at radius 1 is 1.07 bits per heavy atom. The van der Waals surface area contributed by atoms with Gasteiger partial charge in [0.2, 0.25) is 5.91 Å². The molecule has 1 atom stereocenters. The molecule has 2 heterocycles. The molecule has 2 fully saturated rings. The summed E-state index contributed by atoms with van der Waals surface area (Å²) in [6.45, 7) is 7.68. The molecule has 10 heteroatoms. The Labute approximate surface area is 170 Å². The lowest BCUT2D eigenvalue weighted by Gasteiger charge is -2.36. The lowest BCUT2D eigenvalue weighted by molar-refractivity contribution is -0.117. The van der Waals surface area contributed by atoms with Gasteiger partial charge < -0.3 is 19.4 Å². The van der Waals surface area contributed by atoms with Crippen LogP contribution in [0, 0.1) is 0 Å². The van der Waals surface area contributed by atoms with Crippen LogP contribution in [0.4, 0.5) is 20.1 Å². The van der Waals surface area contributed by atoms with Crippen LogP contribution in [0.1, 0.15) is 27.2 Å². The third-order valence-electron chi connectivity index (χ3n) is 4.95. The van der Waals surface area contributed by atoms with E-state index in [0.29, 0.717) is 31.9 Å². The molecule has 2 amide bonds. The Bertz CT molecular complexity index is 874. The minimum Gasteiger partial charge on any atom is -0.444 e. The van der Waals surface area contributed by atoms with E-state index in [-0.39, 0.29) is 19.1 Å². The summed E-state index contributed by atoms with van der Waals surface area (Å²) >= 11 is 0. The number of rotatable bonds is 3. The fourth-order valence-electron chi connectivity index (χ4n) is 3.43. The number of benzene rings is 1. The van der Waals surface area contributed by atoms with E-state index in [0.717, 1.165) is 5.69 Å². The summed E-state index contributed by atoms with van der Waals surface area (Å²) < 4.78 is 40.7. The van der Waals surface area contributed by atoms with Crippen LogP contribution in [0.15, 0.2) is 24.3 Å². The van der Waals surface area contributed by atoms with E-state index in [1.165, 1.54) is 4.90 Å². The summed E-state index contributed by atoms with van der Waals surface area (Å²) in [7, 11) is -4.74. The molecular formula is C19H26FN3O5S. The highest BCUT2D eigenvalue weighted by molar-refractivity contribution is 7.87. The first-order chi connectivity index (χ1) is 13.4. The van der Waals surface area contributed by atoms with Gasteiger partial charge in [0.15, 0.2) is 0 Å². The molecule has 29 heavy (non-hydrogen) atoms. The lowest BCUT2D eigenvalue weighted by atomic mass is 10.2. The number of ether oxygens (including phenoxy) is 1. The second-order valence-corrected chi connectivity index (χ2v) is 9.89. The zero-order chi connectivity index (χ0) is 21.4. The number of amides is 2. The number of hydrogen-bond donors (Lipinski definition) is 0. The van der Waals surface area contributed by atoms with Crippen LogP contribution in [-0.2, 0) is 19.8 Å². The molecule has 0 aliphatic carbocycles. The Morgan fingerprint density at radius 2 is 1.62 bits per heavy atom. The number of carbonyl (C=O) groups excluding carboxylic acids is 2. The largest absolute Gasteiger partial charge is 0.444 e. The zero-order valence-corrected chi connectivity index (χ0v) is 17.6. The van der Waals surface area contributed by atoms with Crippen molar-refractivity contribution < 1.29 is 26.6 Å². The van der Waals surface area contributed by atoms with Crippen molar-refractivity contribution in [1.29, 1.82) is 0 Å². The second kappa shape index (κ2) is 7.81. The SMILES string of the molecule is CC(C)(C)OC(=O)N1CCN(c2ccc(N3CC(S(=O)(=O)F)CC3=O)cc2)CC1. The molecule has 1 unspecified atom stereocenters. The fourth-order valence-corrected chi connectivity index (χ4v) is 4.10. The van der Waals surface area contributed by atoms with Crippen LogP contribution in [0.2, 0.25) is 0 Å². The highest BCUT2D eigenvalue weighted by Gasteiger charge is 2.39. The molecule has 0 bridgehead atoms. The molecule has 0 aromatic heterocycles. The van der Waals surface area contributed by atoms with Gasteiger partial charge in [0.1, 0.15) is 10.9 Å². The summed E-state index contributed by atoms with van der Waals surface area (Å²) in [5, 5.41) is -1.31.